The highest BCUT2D eigenvalue weighted by molar-refractivity contribution is 9.12. The van der Waals surface area contributed by atoms with Gasteiger partial charge in [0.1, 0.15) is 5.82 Å². The molecule has 0 radical (unpaired) electrons. The van der Waals surface area contributed by atoms with Gasteiger partial charge in [0.15, 0.2) is 0 Å². The van der Waals surface area contributed by atoms with Crippen LogP contribution in [0.5, 0.6) is 0 Å². The van der Waals surface area contributed by atoms with E-state index in [1.54, 1.807) is 12.1 Å². The minimum atomic E-state index is -4.34. The molecule has 2 aromatic carbocycles. The maximum Gasteiger partial charge on any atom is 0.416 e. The van der Waals surface area contributed by atoms with Gasteiger partial charge in [0.2, 0.25) is 0 Å². The summed E-state index contributed by atoms with van der Waals surface area (Å²) in [4.78, 5) is -0.417. The maximum atomic E-state index is 12.9. The molecule has 0 spiro atoms. The molecule has 0 saturated carbocycles. The first kappa shape index (κ1) is 16.5. The summed E-state index contributed by atoms with van der Waals surface area (Å²) in [6.07, 6.45) is -4.34. The van der Waals surface area contributed by atoms with Gasteiger partial charge in [-0.1, -0.05) is 56.1 Å². The number of rotatable bonds is 3. The van der Waals surface area contributed by atoms with Crippen molar-refractivity contribution < 1.29 is 17.6 Å². The lowest BCUT2D eigenvalue weighted by Crippen LogP contribution is -2.05. The van der Waals surface area contributed by atoms with E-state index in [0.717, 1.165) is 17.7 Å². The first-order valence-electron chi connectivity index (χ1n) is 6.00. The van der Waals surface area contributed by atoms with Crippen LogP contribution < -0.4 is 0 Å². The van der Waals surface area contributed by atoms with E-state index in [-0.39, 0.29) is 15.5 Å². The summed E-state index contributed by atoms with van der Waals surface area (Å²) in [5, 5.41) is 0. The van der Waals surface area contributed by atoms with Crippen molar-refractivity contribution in [2.75, 3.05) is 0 Å². The summed E-state index contributed by atoms with van der Waals surface area (Å²) in [6, 6.07) is 10.9. The summed E-state index contributed by atoms with van der Waals surface area (Å²) in [6.45, 7) is 0. The molecule has 0 aromatic heterocycles. The molecule has 0 unspecified atom stereocenters. The van der Waals surface area contributed by atoms with Crippen molar-refractivity contribution in [3.8, 4) is 0 Å². The van der Waals surface area contributed by atoms with E-state index >= 15 is 0 Å². The van der Waals surface area contributed by atoms with Crippen molar-refractivity contribution in [3.05, 3.63) is 71.0 Å². The van der Waals surface area contributed by atoms with Crippen LogP contribution in [0.1, 0.15) is 26.3 Å². The Morgan fingerprint density at radius 3 is 1.48 bits per heavy atom. The van der Waals surface area contributed by atoms with Gasteiger partial charge in [-0.05, 0) is 35.4 Å². The lowest BCUT2D eigenvalue weighted by molar-refractivity contribution is -0.137. The molecule has 2 rings (SSSR count). The normalized spacial score (nSPS) is 14.8. The highest BCUT2D eigenvalue weighted by atomic mass is 79.9. The zero-order chi connectivity index (χ0) is 15.6. The molecule has 2 atom stereocenters. The Morgan fingerprint density at radius 1 is 0.714 bits per heavy atom. The Kier molecular flexibility index (Phi) is 5.09. The number of halogens is 6. The van der Waals surface area contributed by atoms with Crippen LogP contribution in [-0.4, -0.2) is 0 Å². The van der Waals surface area contributed by atoms with Crippen LogP contribution in [0.3, 0.4) is 0 Å². The third kappa shape index (κ3) is 4.07. The van der Waals surface area contributed by atoms with Crippen LogP contribution in [0, 0.1) is 5.82 Å². The second-order valence-corrected chi connectivity index (χ2v) is 6.45. The van der Waals surface area contributed by atoms with Crippen molar-refractivity contribution in [1.29, 1.82) is 0 Å². The van der Waals surface area contributed by atoms with Gasteiger partial charge in [0, 0.05) is 0 Å². The molecular weight excluding hydrogens is 416 g/mol. The lowest BCUT2D eigenvalue weighted by atomic mass is 10.0. The monoisotopic (exact) mass is 424 g/mol. The first-order valence-corrected chi connectivity index (χ1v) is 7.83. The van der Waals surface area contributed by atoms with Crippen molar-refractivity contribution in [1.82, 2.24) is 0 Å². The van der Waals surface area contributed by atoms with Crippen molar-refractivity contribution >= 4 is 31.9 Å². The molecule has 0 aliphatic carbocycles. The van der Waals surface area contributed by atoms with Crippen LogP contribution in [0.15, 0.2) is 48.5 Å². The average Bonchev–Trinajstić information content (AvgIpc) is 2.46. The van der Waals surface area contributed by atoms with E-state index in [0.29, 0.717) is 5.56 Å². The minimum Gasteiger partial charge on any atom is -0.207 e. The molecule has 0 fully saturated rings. The molecule has 0 aliphatic rings. The largest absolute Gasteiger partial charge is 0.416 e. The number of benzene rings is 2. The number of hydrogen-bond donors (Lipinski definition) is 0. The van der Waals surface area contributed by atoms with Crippen LogP contribution in [-0.2, 0) is 6.18 Å². The molecule has 112 valence electrons. The van der Waals surface area contributed by atoms with Gasteiger partial charge in [0.05, 0.1) is 15.2 Å². The van der Waals surface area contributed by atoms with E-state index in [4.69, 9.17) is 0 Å². The molecule has 6 heteroatoms. The summed E-state index contributed by atoms with van der Waals surface area (Å²) >= 11 is 6.94. The lowest BCUT2D eigenvalue weighted by Gasteiger charge is -2.18. The van der Waals surface area contributed by atoms with Crippen molar-refractivity contribution in [3.63, 3.8) is 0 Å². The highest BCUT2D eigenvalue weighted by Gasteiger charge is 2.30. The van der Waals surface area contributed by atoms with E-state index in [1.165, 1.54) is 24.3 Å². The van der Waals surface area contributed by atoms with Gasteiger partial charge in [-0.15, -0.1) is 0 Å². The van der Waals surface area contributed by atoms with Gasteiger partial charge < -0.3 is 0 Å². The van der Waals surface area contributed by atoms with E-state index < -0.39 is 11.7 Å². The maximum absolute atomic E-state index is 12.9. The summed E-state index contributed by atoms with van der Waals surface area (Å²) < 4.78 is 50.5. The second-order valence-electron chi connectivity index (χ2n) is 4.47. The summed E-state index contributed by atoms with van der Waals surface area (Å²) in [5.74, 6) is -0.334. The van der Waals surface area contributed by atoms with Gasteiger partial charge in [-0.3, -0.25) is 0 Å². The van der Waals surface area contributed by atoms with Crippen LogP contribution in [0.25, 0.3) is 0 Å². The van der Waals surface area contributed by atoms with E-state index in [1.807, 2.05) is 0 Å². The molecular formula is C15H10Br2F4. The number of hydrogen-bond acceptors (Lipinski definition) is 0. The Labute approximate surface area is 136 Å². The molecule has 21 heavy (non-hydrogen) atoms. The Balaban J connectivity index is 2.19. The SMILES string of the molecule is Fc1ccc([C@H](Br)[C@H](Br)c2ccc(C(F)(F)F)cc2)cc1. The minimum absolute atomic E-state index is 0.185. The summed E-state index contributed by atoms with van der Waals surface area (Å²) in [5.41, 5.74) is 0.853. The standard InChI is InChI=1S/C15H10Br2F4/c16-13(14(17)10-3-7-12(18)8-4-10)9-1-5-11(6-2-9)15(19,20)21/h1-8,13-14H/t13-,14+/m1/s1. The second kappa shape index (κ2) is 6.48. The zero-order valence-corrected chi connectivity index (χ0v) is 13.7. The van der Waals surface area contributed by atoms with Gasteiger partial charge in [0.25, 0.3) is 0 Å². The Hall–Kier alpha value is -0.880. The van der Waals surface area contributed by atoms with E-state index in [9.17, 15) is 17.6 Å². The summed E-state index contributed by atoms with van der Waals surface area (Å²) in [7, 11) is 0. The third-order valence-electron chi connectivity index (χ3n) is 3.00. The molecule has 0 nitrogen and oxygen atoms in total. The first-order chi connectivity index (χ1) is 9.79. The molecule has 0 aliphatic heterocycles. The molecule has 0 bridgehead atoms. The quantitative estimate of drug-likeness (QED) is 0.393. The highest BCUT2D eigenvalue weighted by Crippen LogP contribution is 2.42. The molecule has 0 heterocycles. The van der Waals surface area contributed by atoms with Gasteiger partial charge in [-0.25, -0.2) is 4.39 Å². The van der Waals surface area contributed by atoms with Crippen LogP contribution in [0.2, 0.25) is 0 Å². The van der Waals surface area contributed by atoms with Crippen LogP contribution in [0.4, 0.5) is 17.6 Å². The predicted octanol–water partition coefficient (Wildman–Crippen LogP) is 6.42. The van der Waals surface area contributed by atoms with Crippen molar-refractivity contribution in [2.45, 2.75) is 15.8 Å². The van der Waals surface area contributed by atoms with Crippen LogP contribution >= 0.6 is 31.9 Å². The Bertz CT molecular complexity index is 591. The predicted molar refractivity (Wildman–Crippen MR) is 81.2 cm³/mol. The number of alkyl halides is 5. The fourth-order valence-corrected chi connectivity index (χ4v) is 3.06. The topological polar surface area (TPSA) is 0 Å². The van der Waals surface area contributed by atoms with E-state index in [2.05, 4.69) is 31.9 Å². The molecule has 2 aromatic rings. The zero-order valence-electron chi connectivity index (χ0n) is 10.5. The fraction of sp³-hybridized carbons (Fsp3) is 0.200. The molecule has 0 N–H and O–H groups in total. The fourth-order valence-electron chi connectivity index (χ4n) is 1.84. The molecule has 0 amide bonds. The Morgan fingerprint density at radius 2 is 1.10 bits per heavy atom. The average molecular weight is 426 g/mol. The molecule has 0 saturated heterocycles. The van der Waals surface area contributed by atoms with Crippen molar-refractivity contribution in [2.24, 2.45) is 0 Å². The van der Waals surface area contributed by atoms with Gasteiger partial charge in [-0.2, -0.15) is 13.2 Å². The smallest absolute Gasteiger partial charge is 0.207 e. The third-order valence-corrected chi connectivity index (χ3v) is 5.83. The van der Waals surface area contributed by atoms with Gasteiger partial charge >= 0.3 is 6.18 Å².